The number of hydrogen-bond acceptors (Lipinski definition) is 2. The van der Waals surface area contributed by atoms with E-state index in [1.807, 2.05) is 11.6 Å². The third kappa shape index (κ3) is 2.08. The molecule has 0 aliphatic rings. The van der Waals surface area contributed by atoms with Crippen LogP contribution in [-0.2, 0) is 12.4 Å². The van der Waals surface area contributed by atoms with E-state index in [9.17, 15) is 0 Å². The maximum absolute atomic E-state index is 5.88. The van der Waals surface area contributed by atoms with E-state index in [0.29, 0.717) is 5.88 Å². The van der Waals surface area contributed by atoms with Crippen LogP contribution in [0.2, 0.25) is 0 Å². The van der Waals surface area contributed by atoms with E-state index < -0.39 is 0 Å². The van der Waals surface area contributed by atoms with Crippen molar-refractivity contribution in [1.82, 2.24) is 9.78 Å². The number of alkyl halides is 1. The van der Waals surface area contributed by atoms with Gasteiger partial charge in [0.05, 0.1) is 18.1 Å². The molecule has 2 heterocycles. The minimum absolute atomic E-state index is 0.544. The lowest BCUT2D eigenvalue weighted by Crippen LogP contribution is -2.02. The van der Waals surface area contributed by atoms with Crippen LogP contribution in [0.4, 0.5) is 0 Å². The van der Waals surface area contributed by atoms with Gasteiger partial charge in [-0.2, -0.15) is 5.10 Å². The third-order valence-corrected chi connectivity index (χ3v) is 3.68. The highest BCUT2D eigenvalue weighted by molar-refractivity contribution is 7.09. The molecule has 0 bridgehead atoms. The first-order valence-corrected chi connectivity index (χ1v) is 6.25. The van der Waals surface area contributed by atoms with Crippen molar-refractivity contribution >= 4 is 22.9 Å². The summed E-state index contributed by atoms with van der Waals surface area (Å²) in [5.74, 6) is 0.544. The van der Waals surface area contributed by atoms with Gasteiger partial charge in [0.25, 0.3) is 0 Å². The number of rotatable bonds is 3. The minimum atomic E-state index is 0.544. The van der Waals surface area contributed by atoms with Crippen molar-refractivity contribution in [2.24, 2.45) is 0 Å². The van der Waals surface area contributed by atoms with Gasteiger partial charge in [-0.15, -0.1) is 22.9 Å². The summed E-state index contributed by atoms with van der Waals surface area (Å²) < 4.78 is 2.03. The molecule has 80 valence electrons. The summed E-state index contributed by atoms with van der Waals surface area (Å²) in [6.45, 7) is 4.93. The van der Waals surface area contributed by atoms with Gasteiger partial charge in [-0.05, 0) is 25.3 Å². The van der Waals surface area contributed by atoms with Crippen LogP contribution >= 0.6 is 22.9 Å². The molecule has 0 fully saturated rings. The van der Waals surface area contributed by atoms with Crippen LogP contribution < -0.4 is 0 Å². The standard InChI is InChI=1S/C11H13ClN2S/c1-8-11(6-12)9(2)14(13-8)7-10-4-3-5-15-10/h3-5H,6-7H2,1-2H3. The molecule has 0 amide bonds. The Hall–Kier alpha value is -0.800. The highest BCUT2D eigenvalue weighted by Gasteiger charge is 2.10. The number of nitrogens with zero attached hydrogens (tertiary/aromatic N) is 2. The summed E-state index contributed by atoms with van der Waals surface area (Å²) >= 11 is 7.64. The molecule has 0 N–H and O–H groups in total. The average Bonchev–Trinajstić information content (AvgIpc) is 2.78. The molecule has 0 unspecified atom stereocenters. The van der Waals surface area contributed by atoms with Crippen LogP contribution in [-0.4, -0.2) is 9.78 Å². The van der Waals surface area contributed by atoms with Crippen molar-refractivity contribution in [2.45, 2.75) is 26.3 Å². The number of halogens is 1. The predicted octanol–water partition coefficient (Wildman–Crippen LogP) is 3.35. The molecule has 0 radical (unpaired) electrons. The summed E-state index contributed by atoms with van der Waals surface area (Å²) in [7, 11) is 0. The smallest absolute Gasteiger partial charge is 0.0755 e. The average molecular weight is 241 g/mol. The molecule has 0 saturated heterocycles. The molecule has 15 heavy (non-hydrogen) atoms. The Morgan fingerprint density at radius 2 is 2.27 bits per heavy atom. The molecular weight excluding hydrogens is 228 g/mol. The van der Waals surface area contributed by atoms with Crippen molar-refractivity contribution in [2.75, 3.05) is 0 Å². The Balaban J connectivity index is 2.29. The Kier molecular flexibility index (Phi) is 3.12. The van der Waals surface area contributed by atoms with Crippen molar-refractivity contribution in [3.8, 4) is 0 Å². The molecule has 0 spiro atoms. The van der Waals surface area contributed by atoms with Gasteiger partial charge in [0, 0.05) is 16.1 Å². The van der Waals surface area contributed by atoms with Crippen LogP contribution in [0.5, 0.6) is 0 Å². The molecule has 4 heteroatoms. The topological polar surface area (TPSA) is 17.8 Å². The van der Waals surface area contributed by atoms with E-state index >= 15 is 0 Å². The second-order valence-corrected chi connectivity index (χ2v) is 4.82. The Morgan fingerprint density at radius 3 is 2.80 bits per heavy atom. The fourth-order valence-electron chi connectivity index (χ4n) is 1.63. The lowest BCUT2D eigenvalue weighted by Gasteiger charge is -2.02. The summed E-state index contributed by atoms with van der Waals surface area (Å²) in [5, 5.41) is 6.58. The van der Waals surface area contributed by atoms with Crippen LogP contribution in [0.1, 0.15) is 21.8 Å². The van der Waals surface area contributed by atoms with Gasteiger partial charge in [-0.25, -0.2) is 0 Å². The van der Waals surface area contributed by atoms with Crippen LogP contribution in [0, 0.1) is 13.8 Å². The van der Waals surface area contributed by atoms with E-state index in [1.165, 1.54) is 10.6 Å². The van der Waals surface area contributed by atoms with E-state index in [1.54, 1.807) is 11.3 Å². The van der Waals surface area contributed by atoms with Crippen molar-refractivity contribution < 1.29 is 0 Å². The molecule has 2 aromatic rings. The van der Waals surface area contributed by atoms with Crippen LogP contribution in [0.25, 0.3) is 0 Å². The zero-order valence-electron chi connectivity index (χ0n) is 8.83. The maximum atomic E-state index is 5.88. The van der Waals surface area contributed by atoms with E-state index in [2.05, 4.69) is 29.5 Å². The first kappa shape index (κ1) is 10.7. The molecule has 2 aromatic heterocycles. The fourth-order valence-corrected chi connectivity index (χ4v) is 2.70. The summed E-state index contributed by atoms with van der Waals surface area (Å²) in [4.78, 5) is 1.32. The van der Waals surface area contributed by atoms with Gasteiger partial charge in [-0.1, -0.05) is 6.07 Å². The molecule has 0 aliphatic heterocycles. The van der Waals surface area contributed by atoms with E-state index in [4.69, 9.17) is 11.6 Å². The largest absolute Gasteiger partial charge is 0.264 e. The number of aryl methyl sites for hydroxylation is 1. The Morgan fingerprint density at radius 1 is 1.47 bits per heavy atom. The molecule has 0 aliphatic carbocycles. The summed E-state index contributed by atoms with van der Waals surface area (Å²) in [5.41, 5.74) is 3.38. The van der Waals surface area contributed by atoms with Gasteiger partial charge in [0.15, 0.2) is 0 Å². The van der Waals surface area contributed by atoms with Gasteiger partial charge in [-0.3, -0.25) is 4.68 Å². The summed E-state index contributed by atoms with van der Waals surface area (Å²) in [6.07, 6.45) is 0. The van der Waals surface area contributed by atoms with Crippen molar-refractivity contribution in [1.29, 1.82) is 0 Å². The molecule has 2 rings (SSSR count). The lowest BCUT2D eigenvalue weighted by molar-refractivity contribution is 0.665. The normalized spacial score (nSPS) is 10.9. The molecular formula is C11H13ClN2S. The monoisotopic (exact) mass is 240 g/mol. The Labute approximate surface area is 98.5 Å². The lowest BCUT2D eigenvalue weighted by atomic mass is 10.2. The highest BCUT2D eigenvalue weighted by atomic mass is 35.5. The predicted molar refractivity (Wildman–Crippen MR) is 64.7 cm³/mol. The van der Waals surface area contributed by atoms with Crippen molar-refractivity contribution in [3.63, 3.8) is 0 Å². The minimum Gasteiger partial charge on any atom is -0.264 e. The molecule has 0 saturated carbocycles. The SMILES string of the molecule is Cc1nn(Cc2cccs2)c(C)c1CCl. The van der Waals surface area contributed by atoms with Crippen LogP contribution in [0.3, 0.4) is 0 Å². The maximum Gasteiger partial charge on any atom is 0.0755 e. The number of thiophene rings is 1. The second kappa shape index (κ2) is 4.37. The van der Waals surface area contributed by atoms with Crippen molar-refractivity contribution in [3.05, 3.63) is 39.3 Å². The molecule has 2 nitrogen and oxygen atoms in total. The quantitative estimate of drug-likeness (QED) is 0.753. The number of hydrogen-bond donors (Lipinski definition) is 0. The van der Waals surface area contributed by atoms with Crippen LogP contribution in [0.15, 0.2) is 17.5 Å². The first-order valence-electron chi connectivity index (χ1n) is 4.83. The molecule has 0 atom stereocenters. The number of aromatic nitrogens is 2. The summed E-state index contributed by atoms with van der Waals surface area (Å²) in [6, 6.07) is 4.19. The van der Waals surface area contributed by atoms with Gasteiger partial charge < -0.3 is 0 Å². The first-order chi connectivity index (χ1) is 7.22. The van der Waals surface area contributed by atoms with Gasteiger partial charge >= 0.3 is 0 Å². The zero-order valence-corrected chi connectivity index (χ0v) is 10.4. The third-order valence-electron chi connectivity index (χ3n) is 2.55. The van der Waals surface area contributed by atoms with E-state index in [0.717, 1.165) is 17.8 Å². The van der Waals surface area contributed by atoms with Gasteiger partial charge in [0.2, 0.25) is 0 Å². The second-order valence-electron chi connectivity index (χ2n) is 3.52. The zero-order chi connectivity index (χ0) is 10.8. The van der Waals surface area contributed by atoms with Gasteiger partial charge in [0.1, 0.15) is 0 Å². The fraction of sp³-hybridized carbons (Fsp3) is 0.364. The molecule has 0 aromatic carbocycles. The highest BCUT2D eigenvalue weighted by Crippen LogP contribution is 2.18. The van der Waals surface area contributed by atoms with E-state index in [-0.39, 0.29) is 0 Å². The Bertz CT molecular complexity index is 445.